The van der Waals surface area contributed by atoms with E-state index < -0.39 is 6.23 Å². The Balaban J connectivity index is 2.86. The van der Waals surface area contributed by atoms with Gasteiger partial charge in [-0.3, -0.25) is 10.9 Å². The molecule has 88 valence electrons. The topological polar surface area (TPSA) is 61.6 Å². The van der Waals surface area contributed by atoms with Crippen LogP contribution < -0.4 is 16.3 Å². The van der Waals surface area contributed by atoms with Gasteiger partial charge in [-0.15, -0.1) is 0 Å². The molecule has 0 fully saturated rings. The Morgan fingerprint density at radius 1 is 1.56 bits per heavy atom. The summed E-state index contributed by atoms with van der Waals surface area (Å²) in [6, 6.07) is 5.59. The second kappa shape index (κ2) is 6.68. The highest BCUT2D eigenvalue weighted by atomic mass is 16.3. The highest BCUT2D eigenvalue weighted by molar-refractivity contribution is 4.95. The highest BCUT2D eigenvalue weighted by Crippen LogP contribution is 1.86. The molecule has 3 N–H and O–H groups in total. The SMILES string of the molecule is CC=CNN=c1ccccn1NC(O)CC. The van der Waals surface area contributed by atoms with Crippen LogP contribution in [0.5, 0.6) is 0 Å². The Labute approximate surface area is 95.1 Å². The third kappa shape index (κ3) is 3.78. The Hall–Kier alpha value is -1.75. The molecule has 1 aromatic rings. The average Bonchev–Trinajstić information content (AvgIpc) is 2.31. The maximum atomic E-state index is 9.50. The number of nitrogens with zero attached hydrogens (tertiary/aromatic N) is 2. The lowest BCUT2D eigenvalue weighted by Gasteiger charge is -2.14. The van der Waals surface area contributed by atoms with Crippen molar-refractivity contribution in [2.45, 2.75) is 26.5 Å². The van der Waals surface area contributed by atoms with E-state index in [1.807, 2.05) is 38.1 Å². The average molecular weight is 222 g/mol. The zero-order chi connectivity index (χ0) is 11.8. The molecule has 1 unspecified atom stereocenters. The van der Waals surface area contributed by atoms with Gasteiger partial charge in [0, 0.05) is 12.4 Å². The Kier molecular flexibility index (Phi) is 5.15. The van der Waals surface area contributed by atoms with E-state index in [0.717, 1.165) is 0 Å². The van der Waals surface area contributed by atoms with Crippen LogP contribution in [0, 0.1) is 0 Å². The van der Waals surface area contributed by atoms with Gasteiger partial charge in [0.25, 0.3) is 0 Å². The predicted molar refractivity (Wildman–Crippen MR) is 63.6 cm³/mol. The number of rotatable bonds is 5. The summed E-state index contributed by atoms with van der Waals surface area (Å²) in [5.74, 6) is 0. The van der Waals surface area contributed by atoms with Gasteiger partial charge in [0.1, 0.15) is 6.23 Å². The van der Waals surface area contributed by atoms with E-state index in [1.165, 1.54) is 0 Å². The third-order valence-electron chi connectivity index (χ3n) is 1.93. The molecule has 5 nitrogen and oxygen atoms in total. The number of nitrogens with one attached hydrogen (secondary N) is 2. The fourth-order valence-electron chi connectivity index (χ4n) is 1.06. The molecule has 0 aliphatic heterocycles. The minimum atomic E-state index is -0.580. The van der Waals surface area contributed by atoms with Crippen LogP contribution in [0.3, 0.4) is 0 Å². The second-order valence-electron chi connectivity index (χ2n) is 3.22. The molecule has 5 heteroatoms. The van der Waals surface area contributed by atoms with Crippen molar-refractivity contribution in [1.82, 2.24) is 10.1 Å². The van der Waals surface area contributed by atoms with E-state index in [4.69, 9.17) is 0 Å². The van der Waals surface area contributed by atoms with Crippen molar-refractivity contribution in [3.8, 4) is 0 Å². The zero-order valence-corrected chi connectivity index (χ0v) is 9.59. The summed E-state index contributed by atoms with van der Waals surface area (Å²) in [4.78, 5) is 0. The molecular formula is C11H18N4O. The van der Waals surface area contributed by atoms with Crippen molar-refractivity contribution in [2.24, 2.45) is 5.10 Å². The molecule has 0 bridgehead atoms. The molecule has 0 aliphatic rings. The number of hydrogen-bond acceptors (Lipinski definition) is 4. The summed E-state index contributed by atoms with van der Waals surface area (Å²) in [6.45, 7) is 3.80. The number of pyridine rings is 1. The Bertz CT molecular complexity index is 397. The smallest absolute Gasteiger partial charge is 0.171 e. The molecule has 0 saturated carbocycles. The molecule has 0 saturated heterocycles. The molecule has 1 rings (SSSR count). The van der Waals surface area contributed by atoms with Crippen molar-refractivity contribution < 1.29 is 5.11 Å². The van der Waals surface area contributed by atoms with Gasteiger partial charge in [0.2, 0.25) is 0 Å². The van der Waals surface area contributed by atoms with Crippen molar-refractivity contribution in [1.29, 1.82) is 0 Å². The zero-order valence-electron chi connectivity index (χ0n) is 9.59. The molecule has 1 heterocycles. The van der Waals surface area contributed by atoms with E-state index in [9.17, 15) is 5.11 Å². The molecular weight excluding hydrogens is 204 g/mol. The summed E-state index contributed by atoms with van der Waals surface area (Å²) in [7, 11) is 0. The first-order chi connectivity index (χ1) is 7.77. The van der Waals surface area contributed by atoms with E-state index in [0.29, 0.717) is 11.9 Å². The molecule has 1 atom stereocenters. The van der Waals surface area contributed by atoms with Gasteiger partial charge in [0.15, 0.2) is 5.49 Å². The lowest BCUT2D eigenvalue weighted by atomic mass is 10.4. The maximum Gasteiger partial charge on any atom is 0.171 e. The van der Waals surface area contributed by atoms with Crippen molar-refractivity contribution in [3.63, 3.8) is 0 Å². The normalized spacial score (nSPS) is 14.1. The van der Waals surface area contributed by atoms with Gasteiger partial charge >= 0.3 is 0 Å². The first kappa shape index (κ1) is 12.3. The van der Waals surface area contributed by atoms with E-state index >= 15 is 0 Å². The predicted octanol–water partition coefficient (Wildman–Crippen LogP) is 0.699. The van der Waals surface area contributed by atoms with Crippen molar-refractivity contribution in [2.75, 3.05) is 5.43 Å². The van der Waals surface area contributed by atoms with Crippen LogP contribution in [0.25, 0.3) is 0 Å². The summed E-state index contributed by atoms with van der Waals surface area (Å²) >= 11 is 0. The largest absolute Gasteiger partial charge is 0.372 e. The Morgan fingerprint density at radius 2 is 2.38 bits per heavy atom. The van der Waals surface area contributed by atoms with Crippen molar-refractivity contribution in [3.05, 3.63) is 42.2 Å². The minimum absolute atomic E-state index is 0.580. The van der Waals surface area contributed by atoms with Gasteiger partial charge in [0.05, 0.1) is 0 Å². The van der Waals surface area contributed by atoms with Crippen LogP contribution in [0.4, 0.5) is 0 Å². The van der Waals surface area contributed by atoms with E-state index in [-0.39, 0.29) is 0 Å². The highest BCUT2D eigenvalue weighted by Gasteiger charge is 1.98. The van der Waals surface area contributed by atoms with Crippen LogP contribution >= 0.6 is 0 Å². The lowest BCUT2D eigenvalue weighted by molar-refractivity contribution is 0.182. The van der Waals surface area contributed by atoms with Crippen LogP contribution in [-0.2, 0) is 0 Å². The fraction of sp³-hybridized carbons (Fsp3) is 0.364. The molecule has 0 spiro atoms. The Morgan fingerprint density at radius 3 is 3.06 bits per heavy atom. The van der Waals surface area contributed by atoms with Crippen LogP contribution in [0.2, 0.25) is 0 Å². The molecule has 0 radical (unpaired) electrons. The molecule has 0 aromatic carbocycles. The number of aromatic nitrogens is 1. The standard InChI is InChI=1S/C11H18N4O/c1-3-8-12-13-10-7-5-6-9-15(10)14-11(16)4-2/h3,5-9,11-12,14,16H,4H2,1-2H3. The first-order valence-corrected chi connectivity index (χ1v) is 5.30. The number of aliphatic hydroxyl groups is 1. The molecule has 16 heavy (non-hydrogen) atoms. The van der Waals surface area contributed by atoms with E-state index in [2.05, 4.69) is 16.0 Å². The van der Waals surface area contributed by atoms with Gasteiger partial charge in [-0.05, 0) is 25.5 Å². The molecule has 1 aromatic heterocycles. The summed E-state index contributed by atoms with van der Waals surface area (Å²) in [5, 5.41) is 13.6. The van der Waals surface area contributed by atoms with Crippen LogP contribution in [0.15, 0.2) is 41.8 Å². The van der Waals surface area contributed by atoms with Crippen LogP contribution in [-0.4, -0.2) is 16.0 Å². The van der Waals surface area contributed by atoms with Crippen LogP contribution in [0.1, 0.15) is 20.3 Å². The number of allylic oxidation sites excluding steroid dienone is 1. The first-order valence-electron chi connectivity index (χ1n) is 5.30. The second-order valence-corrected chi connectivity index (χ2v) is 3.22. The minimum Gasteiger partial charge on any atom is -0.372 e. The van der Waals surface area contributed by atoms with Crippen molar-refractivity contribution >= 4 is 0 Å². The summed E-state index contributed by atoms with van der Waals surface area (Å²) in [6.07, 6.45) is 5.43. The summed E-state index contributed by atoms with van der Waals surface area (Å²) in [5.41, 5.74) is 6.37. The number of hydrogen-bond donors (Lipinski definition) is 3. The molecule has 0 aliphatic carbocycles. The summed E-state index contributed by atoms with van der Waals surface area (Å²) < 4.78 is 1.67. The quantitative estimate of drug-likeness (QED) is 0.507. The maximum absolute atomic E-state index is 9.50. The fourth-order valence-corrected chi connectivity index (χ4v) is 1.06. The van der Waals surface area contributed by atoms with Gasteiger partial charge in [-0.1, -0.05) is 19.1 Å². The van der Waals surface area contributed by atoms with Gasteiger partial charge < -0.3 is 5.11 Å². The number of aliphatic hydroxyl groups excluding tert-OH is 1. The lowest BCUT2D eigenvalue weighted by Crippen LogP contribution is -2.35. The third-order valence-corrected chi connectivity index (χ3v) is 1.93. The van der Waals surface area contributed by atoms with E-state index in [1.54, 1.807) is 17.1 Å². The monoisotopic (exact) mass is 222 g/mol. The molecule has 0 amide bonds. The van der Waals surface area contributed by atoms with Gasteiger partial charge in [-0.25, -0.2) is 4.68 Å². The van der Waals surface area contributed by atoms with Gasteiger partial charge in [-0.2, -0.15) is 5.10 Å².